The number of hydrogen-bond acceptors (Lipinski definition) is 3. The molecule has 4 nitrogen and oxygen atoms in total. The molecule has 0 aliphatic carbocycles. The average molecular weight is 317 g/mol. The fraction of sp³-hybridized carbons (Fsp3) is 0.235. The van der Waals surface area contributed by atoms with E-state index in [0.717, 1.165) is 5.56 Å². The zero-order valence-corrected chi connectivity index (χ0v) is 13.4. The smallest absolute Gasteiger partial charge is 0.240 e. The van der Waals surface area contributed by atoms with Gasteiger partial charge < -0.3 is 0 Å². The molecule has 0 unspecified atom stereocenters. The molecule has 0 heterocycles. The first kappa shape index (κ1) is 16.4. The standard InChI is InChI=1S/C17H19NO3S/c1-13(2)14-7-6-8-15(11-14)17(19)12-18-22(20,21)16-9-4-3-5-10-16/h3-11,13,18H,12H2,1-2H3. The summed E-state index contributed by atoms with van der Waals surface area (Å²) in [5.41, 5.74) is 1.57. The summed E-state index contributed by atoms with van der Waals surface area (Å²) in [6.45, 7) is 3.84. The van der Waals surface area contributed by atoms with E-state index in [4.69, 9.17) is 0 Å². The van der Waals surface area contributed by atoms with Crippen LogP contribution in [0.4, 0.5) is 0 Å². The molecule has 0 radical (unpaired) electrons. The number of hydrogen-bond donors (Lipinski definition) is 1. The van der Waals surface area contributed by atoms with Crippen molar-refractivity contribution < 1.29 is 13.2 Å². The number of carbonyl (C=O) groups excluding carboxylic acids is 1. The molecular formula is C17H19NO3S. The van der Waals surface area contributed by atoms with Crippen LogP contribution in [0.3, 0.4) is 0 Å². The molecule has 0 amide bonds. The van der Waals surface area contributed by atoms with E-state index in [1.54, 1.807) is 24.3 Å². The summed E-state index contributed by atoms with van der Waals surface area (Å²) >= 11 is 0. The van der Waals surface area contributed by atoms with Crippen molar-refractivity contribution in [3.8, 4) is 0 Å². The summed E-state index contributed by atoms with van der Waals surface area (Å²) in [5, 5.41) is 0. The Labute approximate surface area is 131 Å². The Morgan fingerprint density at radius 3 is 2.36 bits per heavy atom. The molecule has 0 bridgehead atoms. The van der Waals surface area contributed by atoms with Gasteiger partial charge in [-0.1, -0.05) is 50.2 Å². The number of Topliss-reactive ketones (excluding diaryl/α,β-unsaturated/α-hetero) is 1. The second-order valence-electron chi connectivity index (χ2n) is 5.34. The minimum absolute atomic E-state index is 0.152. The van der Waals surface area contributed by atoms with Gasteiger partial charge in [0.2, 0.25) is 10.0 Å². The van der Waals surface area contributed by atoms with Crippen molar-refractivity contribution in [3.63, 3.8) is 0 Å². The highest BCUT2D eigenvalue weighted by molar-refractivity contribution is 7.89. The van der Waals surface area contributed by atoms with Crippen LogP contribution in [0.5, 0.6) is 0 Å². The number of rotatable bonds is 6. The lowest BCUT2D eigenvalue weighted by atomic mass is 9.99. The first-order valence-electron chi connectivity index (χ1n) is 7.08. The molecule has 22 heavy (non-hydrogen) atoms. The minimum atomic E-state index is -3.66. The van der Waals surface area contributed by atoms with Crippen LogP contribution in [0.15, 0.2) is 59.5 Å². The molecule has 0 fully saturated rings. The molecule has 116 valence electrons. The number of sulfonamides is 1. The minimum Gasteiger partial charge on any atom is -0.293 e. The predicted octanol–water partition coefficient (Wildman–Crippen LogP) is 2.97. The summed E-state index contributed by atoms with van der Waals surface area (Å²) in [6, 6.07) is 15.3. The summed E-state index contributed by atoms with van der Waals surface area (Å²) in [4.78, 5) is 12.3. The number of ketones is 1. The molecule has 0 spiro atoms. The van der Waals surface area contributed by atoms with Crippen molar-refractivity contribution in [2.75, 3.05) is 6.54 Å². The average Bonchev–Trinajstić information content (AvgIpc) is 2.53. The Morgan fingerprint density at radius 2 is 1.73 bits per heavy atom. The van der Waals surface area contributed by atoms with Gasteiger partial charge in [0.25, 0.3) is 0 Å². The summed E-state index contributed by atoms with van der Waals surface area (Å²) in [7, 11) is -3.66. The lowest BCUT2D eigenvalue weighted by molar-refractivity contribution is 0.0997. The molecule has 0 atom stereocenters. The third-order valence-corrected chi connectivity index (χ3v) is 4.77. The van der Waals surface area contributed by atoms with Gasteiger partial charge in [0.15, 0.2) is 5.78 Å². The van der Waals surface area contributed by atoms with Crippen LogP contribution in [0.2, 0.25) is 0 Å². The Morgan fingerprint density at radius 1 is 1.05 bits per heavy atom. The van der Waals surface area contributed by atoms with E-state index < -0.39 is 10.0 Å². The molecule has 2 aromatic carbocycles. The zero-order valence-electron chi connectivity index (χ0n) is 12.6. The Bertz CT molecular complexity index is 752. The van der Waals surface area contributed by atoms with Crippen LogP contribution in [0.1, 0.15) is 35.7 Å². The Hall–Kier alpha value is -1.98. The van der Waals surface area contributed by atoms with E-state index >= 15 is 0 Å². The Kier molecular flexibility index (Phi) is 5.11. The third kappa shape index (κ3) is 4.02. The van der Waals surface area contributed by atoms with Crippen molar-refractivity contribution in [1.82, 2.24) is 4.72 Å². The topological polar surface area (TPSA) is 63.2 Å². The molecule has 2 rings (SSSR count). The second kappa shape index (κ2) is 6.85. The molecular weight excluding hydrogens is 298 g/mol. The largest absolute Gasteiger partial charge is 0.293 e. The summed E-state index contributed by atoms with van der Waals surface area (Å²) < 4.78 is 26.5. The van der Waals surface area contributed by atoms with Crippen molar-refractivity contribution >= 4 is 15.8 Å². The first-order valence-corrected chi connectivity index (χ1v) is 8.56. The lowest BCUT2D eigenvalue weighted by Gasteiger charge is -2.09. The third-order valence-electron chi connectivity index (χ3n) is 3.35. The maximum atomic E-state index is 12.2. The maximum Gasteiger partial charge on any atom is 0.240 e. The highest BCUT2D eigenvalue weighted by atomic mass is 32.2. The van der Waals surface area contributed by atoms with Gasteiger partial charge in [-0.25, -0.2) is 13.1 Å². The van der Waals surface area contributed by atoms with Gasteiger partial charge in [-0.2, -0.15) is 0 Å². The van der Waals surface area contributed by atoms with E-state index in [1.165, 1.54) is 12.1 Å². The lowest BCUT2D eigenvalue weighted by Crippen LogP contribution is -2.29. The highest BCUT2D eigenvalue weighted by Crippen LogP contribution is 2.16. The number of nitrogens with one attached hydrogen (secondary N) is 1. The van der Waals surface area contributed by atoms with E-state index in [2.05, 4.69) is 4.72 Å². The van der Waals surface area contributed by atoms with Gasteiger partial charge in [0.05, 0.1) is 11.4 Å². The monoisotopic (exact) mass is 317 g/mol. The zero-order chi connectivity index (χ0) is 16.2. The van der Waals surface area contributed by atoms with Crippen LogP contribution in [0, 0.1) is 0 Å². The fourth-order valence-electron chi connectivity index (χ4n) is 2.02. The van der Waals surface area contributed by atoms with E-state index in [9.17, 15) is 13.2 Å². The van der Waals surface area contributed by atoms with Crippen LogP contribution >= 0.6 is 0 Å². The molecule has 5 heteroatoms. The maximum absolute atomic E-state index is 12.2. The van der Waals surface area contributed by atoms with Crippen molar-refractivity contribution in [2.24, 2.45) is 0 Å². The van der Waals surface area contributed by atoms with Crippen LogP contribution in [0.25, 0.3) is 0 Å². The van der Waals surface area contributed by atoms with Crippen molar-refractivity contribution in [1.29, 1.82) is 0 Å². The van der Waals surface area contributed by atoms with Crippen LogP contribution < -0.4 is 4.72 Å². The predicted molar refractivity (Wildman–Crippen MR) is 86.5 cm³/mol. The van der Waals surface area contributed by atoms with E-state index in [1.807, 2.05) is 32.0 Å². The van der Waals surface area contributed by atoms with E-state index in [0.29, 0.717) is 11.5 Å². The molecule has 0 aromatic heterocycles. The van der Waals surface area contributed by atoms with Gasteiger partial charge in [0.1, 0.15) is 0 Å². The highest BCUT2D eigenvalue weighted by Gasteiger charge is 2.16. The van der Waals surface area contributed by atoms with E-state index in [-0.39, 0.29) is 17.2 Å². The fourth-order valence-corrected chi connectivity index (χ4v) is 3.02. The van der Waals surface area contributed by atoms with Crippen LogP contribution in [-0.4, -0.2) is 20.7 Å². The quantitative estimate of drug-likeness (QED) is 0.833. The normalized spacial score (nSPS) is 11.6. The molecule has 0 saturated carbocycles. The molecule has 2 aromatic rings. The van der Waals surface area contributed by atoms with Gasteiger partial charge >= 0.3 is 0 Å². The van der Waals surface area contributed by atoms with Crippen molar-refractivity contribution in [3.05, 3.63) is 65.7 Å². The summed E-state index contributed by atoms with van der Waals surface area (Å²) in [5.74, 6) is 0.0655. The molecule has 0 saturated heterocycles. The number of benzene rings is 2. The van der Waals surface area contributed by atoms with Gasteiger partial charge in [-0.05, 0) is 29.7 Å². The van der Waals surface area contributed by atoms with Gasteiger partial charge in [-0.15, -0.1) is 0 Å². The molecule has 1 N–H and O–H groups in total. The Balaban J connectivity index is 2.09. The number of carbonyl (C=O) groups is 1. The molecule has 0 aliphatic heterocycles. The second-order valence-corrected chi connectivity index (χ2v) is 7.11. The first-order chi connectivity index (χ1) is 10.4. The van der Waals surface area contributed by atoms with Crippen LogP contribution in [-0.2, 0) is 10.0 Å². The SMILES string of the molecule is CC(C)c1cccc(C(=O)CNS(=O)(=O)c2ccccc2)c1. The van der Waals surface area contributed by atoms with Gasteiger partial charge in [0, 0.05) is 5.56 Å². The molecule has 0 aliphatic rings. The van der Waals surface area contributed by atoms with Crippen molar-refractivity contribution in [2.45, 2.75) is 24.7 Å². The summed E-state index contributed by atoms with van der Waals surface area (Å²) in [6.07, 6.45) is 0. The van der Waals surface area contributed by atoms with Gasteiger partial charge in [-0.3, -0.25) is 4.79 Å².